The number of aryl methyl sites for hydroxylation is 1. The summed E-state index contributed by atoms with van der Waals surface area (Å²) in [6, 6.07) is 6.36. The molecule has 1 N–H and O–H groups in total. The van der Waals surface area contributed by atoms with Gasteiger partial charge in [-0.2, -0.15) is 0 Å². The fourth-order valence-electron chi connectivity index (χ4n) is 1.43. The number of rotatable bonds is 4. The molecule has 0 aliphatic rings. The summed E-state index contributed by atoms with van der Waals surface area (Å²) in [5, 5.41) is 13.7. The van der Waals surface area contributed by atoms with Crippen LogP contribution in [0, 0.1) is 17.0 Å². The number of anilines is 1. The molecule has 1 aromatic carbocycles. The Kier molecular flexibility index (Phi) is 3.47. The van der Waals surface area contributed by atoms with Gasteiger partial charge in [-0.05, 0) is 13.0 Å². The second-order valence-electron chi connectivity index (χ2n) is 3.81. The Morgan fingerprint density at radius 1 is 1.33 bits per heavy atom. The number of aromatic nitrogens is 2. The van der Waals surface area contributed by atoms with Crippen LogP contribution in [0.1, 0.15) is 11.4 Å². The summed E-state index contributed by atoms with van der Waals surface area (Å²) in [6.45, 7) is 2.35. The highest BCUT2D eigenvalue weighted by Crippen LogP contribution is 2.17. The Morgan fingerprint density at radius 3 is 2.83 bits per heavy atom. The van der Waals surface area contributed by atoms with Crippen molar-refractivity contribution in [2.24, 2.45) is 0 Å². The van der Waals surface area contributed by atoms with Crippen LogP contribution in [0.4, 0.5) is 11.4 Å². The summed E-state index contributed by atoms with van der Waals surface area (Å²) in [7, 11) is 0. The van der Waals surface area contributed by atoms with Gasteiger partial charge < -0.3 is 5.32 Å². The highest BCUT2D eigenvalue weighted by Gasteiger charge is 2.05. The van der Waals surface area contributed by atoms with E-state index in [9.17, 15) is 10.1 Å². The van der Waals surface area contributed by atoms with E-state index in [1.54, 1.807) is 24.5 Å². The molecule has 1 aromatic heterocycles. The zero-order valence-electron chi connectivity index (χ0n) is 9.83. The number of nitrogens with one attached hydrogen (secondary N) is 1. The van der Waals surface area contributed by atoms with Crippen LogP contribution in [0.15, 0.2) is 36.7 Å². The predicted octanol–water partition coefficient (Wildman–Crippen LogP) is 2.31. The van der Waals surface area contributed by atoms with E-state index in [-0.39, 0.29) is 5.69 Å². The van der Waals surface area contributed by atoms with Crippen molar-refractivity contribution in [2.75, 3.05) is 5.32 Å². The molecule has 1 heterocycles. The molecular weight excluding hydrogens is 232 g/mol. The molecule has 0 spiro atoms. The third-order valence-corrected chi connectivity index (χ3v) is 2.37. The van der Waals surface area contributed by atoms with Crippen molar-refractivity contribution in [1.82, 2.24) is 9.97 Å². The van der Waals surface area contributed by atoms with Crippen LogP contribution < -0.4 is 5.32 Å². The molecule has 0 aliphatic heterocycles. The summed E-state index contributed by atoms with van der Waals surface area (Å²) in [6.07, 6.45) is 3.37. The van der Waals surface area contributed by atoms with Crippen molar-refractivity contribution in [1.29, 1.82) is 0 Å². The second-order valence-corrected chi connectivity index (χ2v) is 3.81. The van der Waals surface area contributed by atoms with Crippen molar-refractivity contribution < 1.29 is 4.92 Å². The fourth-order valence-corrected chi connectivity index (χ4v) is 1.43. The lowest BCUT2D eigenvalue weighted by Crippen LogP contribution is -2.02. The first kappa shape index (κ1) is 12.0. The number of nitro groups is 1. The number of non-ortho nitro benzene ring substituents is 1. The Bertz CT molecular complexity index is 554. The molecule has 0 amide bonds. The zero-order valence-corrected chi connectivity index (χ0v) is 9.83. The highest BCUT2D eigenvalue weighted by atomic mass is 16.6. The summed E-state index contributed by atoms with van der Waals surface area (Å²) in [5.74, 6) is 0. The lowest BCUT2D eigenvalue weighted by Gasteiger charge is -2.05. The summed E-state index contributed by atoms with van der Waals surface area (Å²) in [4.78, 5) is 18.5. The molecule has 0 unspecified atom stereocenters. The standard InChI is InChI=1S/C12H12N4O2/c1-9-6-14-11(7-13-9)8-15-10-3-2-4-12(5-10)16(17)18/h2-7,15H,8H2,1H3. The lowest BCUT2D eigenvalue weighted by molar-refractivity contribution is -0.384. The minimum absolute atomic E-state index is 0.0648. The van der Waals surface area contributed by atoms with E-state index in [1.807, 2.05) is 6.92 Å². The molecule has 92 valence electrons. The molecule has 18 heavy (non-hydrogen) atoms. The van der Waals surface area contributed by atoms with Gasteiger partial charge in [-0.15, -0.1) is 0 Å². The van der Waals surface area contributed by atoms with Crippen molar-refractivity contribution in [3.8, 4) is 0 Å². The Balaban J connectivity index is 2.04. The maximum atomic E-state index is 10.6. The van der Waals surface area contributed by atoms with Crippen LogP contribution in [0.3, 0.4) is 0 Å². The van der Waals surface area contributed by atoms with Gasteiger partial charge in [0.1, 0.15) is 0 Å². The average Bonchev–Trinajstić information content (AvgIpc) is 2.38. The fraction of sp³-hybridized carbons (Fsp3) is 0.167. The van der Waals surface area contributed by atoms with E-state index in [0.29, 0.717) is 12.2 Å². The summed E-state index contributed by atoms with van der Waals surface area (Å²) >= 11 is 0. The van der Waals surface area contributed by atoms with E-state index in [2.05, 4.69) is 15.3 Å². The van der Waals surface area contributed by atoms with Crippen molar-refractivity contribution in [3.05, 3.63) is 58.2 Å². The normalized spacial score (nSPS) is 10.1. The topological polar surface area (TPSA) is 81.0 Å². The summed E-state index contributed by atoms with van der Waals surface area (Å²) in [5.41, 5.74) is 2.39. The predicted molar refractivity (Wildman–Crippen MR) is 67.2 cm³/mol. The average molecular weight is 244 g/mol. The first-order chi connectivity index (χ1) is 8.65. The number of nitrogens with zero attached hydrogens (tertiary/aromatic N) is 3. The van der Waals surface area contributed by atoms with Gasteiger partial charge in [-0.3, -0.25) is 20.1 Å². The molecule has 0 radical (unpaired) electrons. The number of hydrogen-bond donors (Lipinski definition) is 1. The summed E-state index contributed by atoms with van der Waals surface area (Å²) < 4.78 is 0. The SMILES string of the molecule is Cc1cnc(CNc2cccc([N+](=O)[O-])c2)cn1. The van der Waals surface area contributed by atoms with Crippen LogP contribution in [0.25, 0.3) is 0 Å². The van der Waals surface area contributed by atoms with Crippen LogP contribution in [-0.4, -0.2) is 14.9 Å². The maximum absolute atomic E-state index is 10.6. The number of hydrogen-bond acceptors (Lipinski definition) is 5. The number of nitro benzene ring substituents is 1. The van der Waals surface area contributed by atoms with E-state index < -0.39 is 4.92 Å². The van der Waals surface area contributed by atoms with E-state index in [1.165, 1.54) is 12.1 Å². The molecule has 6 heteroatoms. The maximum Gasteiger partial charge on any atom is 0.271 e. The minimum Gasteiger partial charge on any atom is -0.379 e. The second kappa shape index (κ2) is 5.22. The van der Waals surface area contributed by atoms with Gasteiger partial charge in [0.2, 0.25) is 0 Å². The first-order valence-corrected chi connectivity index (χ1v) is 5.41. The quantitative estimate of drug-likeness (QED) is 0.659. The molecule has 0 saturated heterocycles. The Morgan fingerprint density at radius 2 is 2.17 bits per heavy atom. The van der Waals surface area contributed by atoms with Gasteiger partial charge in [0, 0.05) is 24.0 Å². The van der Waals surface area contributed by atoms with Crippen LogP contribution in [0.5, 0.6) is 0 Å². The third kappa shape index (κ3) is 3.00. The van der Waals surface area contributed by atoms with Crippen molar-refractivity contribution in [3.63, 3.8) is 0 Å². The van der Waals surface area contributed by atoms with Gasteiger partial charge in [0.25, 0.3) is 5.69 Å². The van der Waals surface area contributed by atoms with Crippen LogP contribution in [0.2, 0.25) is 0 Å². The van der Waals surface area contributed by atoms with E-state index in [0.717, 1.165) is 11.4 Å². The van der Waals surface area contributed by atoms with Crippen molar-refractivity contribution in [2.45, 2.75) is 13.5 Å². The van der Waals surface area contributed by atoms with Gasteiger partial charge in [0.05, 0.1) is 29.1 Å². The molecule has 0 atom stereocenters. The first-order valence-electron chi connectivity index (χ1n) is 5.41. The molecule has 0 aliphatic carbocycles. The van der Waals surface area contributed by atoms with Gasteiger partial charge in [-0.1, -0.05) is 6.07 Å². The smallest absolute Gasteiger partial charge is 0.271 e. The van der Waals surface area contributed by atoms with E-state index >= 15 is 0 Å². The van der Waals surface area contributed by atoms with Crippen LogP contribution in [-0.2, 0) is 6.54 Å². The minimum atomic E-state index is -0.420. The highest BCUT2D eigenvalue weighted by molar-refractivity contribution is 5.50. The monoisotopic (exact) mass is 244 g/mol. The molecule has 6 nitrogen and oxygen atoms in total. The Labute approximate surface area is 104 Å². The number of benzene rings is 1. The van der Waals surface area contributed by atoms with Gasteiger partial charge in [0.15, 0.2) is 0 Å². The molecule has 2 aromatic rings. The molecular formula is C12H12N4O2. The molecule has 0 saturated carbocycles. The van der Waals surface area contributed by atoms with Crippen molar-refractivity contribution >= 4 is 11.4 Å². The van der Waals surface area contributed by atoms with Gasteiger partial charge >= 0.3 is 0 Å². The zero-order chi connectivity index (χ0) is 13.0. The molecule has 2 rings (SSSR count). The largest absolute Gasteiger partial charge is 0.379 e. The van der Waals surface area contributed by atoms with E-state index in [4.69, 9.17) is 0 Å². The third-order valence-electron chi connectivity index (χ3n) is 2.37. The Hall–Kier alpha value is -2.50. The lowest BCUT2D eigenvalue weighted by atomic mass is 10.3. The molecule has 0 bridgehead atoms. The molecule has 0 fully saturated rings. The van der Waals surface area contributed by atoms with Crippen LogP contribution >= 0.6 is 0 Å². The van der Waals surface area contributed by atoms with Gasteiger partial charge in [-0.25, -0.2) is 0 Å².